The van der Waals surface area contributed by atoms with Crippen LogP contribution in [0.4, 0.5) is 0 Å². The van der Waals surface area contributed by atoms with Gasteiger partial charge in [-0.15, -0.1) is 0 Å². The fourth-order valence-corrected chi connectivity index (χ4v) is 3.21. The molecule has 1 N–H and O–H groups in total. The van der Waals surface area contributed by atoms with Crippen LogP contribution < -0.4 is 15.8 Å². The molecule has 0 radical (unpaired) electrons. The molecule has 114 valence electrons. The molecule has 3 rings (SSSR count). The molecule has 1 aliphatic heterocycles. The van der Waals surface area contributed by atoms with Gasteiger partial charge in [0.05, 0.1) is 5.76 Å². The summed E-state index contributed by atoms with van der Waals surface area (Å²) in [7, 11) is 0. The molecule has 1 aromatic rings. The maximum absolute atomic E-state index is 6.02. The minimum Gasteiger partial charge on any atom is -0.445 e. The molecule has 0 aromatic heterocycles. The maximum atomic E-state index is 6.02. The molecular weight excluding hydrogens is 270 g/mol. The van der Waals surface area contributed by atoms with Crippen molar-refractivity contribution in [2.24, 2.45) is 0 Å². The van der Waals surface area contributed by atoms with Crippen molar-refractivity contribution in [2.75, 3.05) is 0 Å². The van der Waals surface area contributed by atoms with Crippen molar-refractivity contribution in [2.45, 2.75) is 39.5 Å². The minimum atomic E-state index is 0.519. The van der Waals surface area contributed by atoms with Crippen LogP contribution in [-0.4, -0.2) is 0 Å². The second-order valence-corrected chi connectivity index (χ2v) is 6.02. The normalized spacial score (nSPS) is 20.0. The van der Waals surface area contributed by atoms with Gasteiger partial charge in [-0.25, -0.2) is 0 Å². The highest BCUT2D eigenvalue weighted by molar-refractivity contribution is 5.65. The monoisotopic (exact) mass is 293 g/mol. The third-order valence-corrected chi connectivity index (χ3v) is 4.19. The van der Waals surface area contributed by atoms with Crippen LogP contribution >= 0.6 is 0 Å². The average Bonchev–Trinajstić information content (AvgIpc) is 2.47. The van der Waals surface area contributed by atoms with Crippen LogP contribution in [0.25, 0.3) is 18.0 Å². The first-order valence-electron chi connectivity index (χ1n) is 7.96. The van der Waals surface area contributed by atoms with Crippen LogP contribution in [0.3, 0.4) is 0 Å². The number of benzene rings is 1. The smallest absolute Gasteiger partial charge is 0.205 e. The van der Waals surface area contributed by atoms with E-state index in [2.05, 4.69) is 62.2 Å². The molecule has 1 unspecified atom stereocenters. The number of nitrogens with one attached hydrogen (secondary N) is 1. The summed E-state index contributed by atoms with van der Waals surface area (Å²) >= 11 is 0. The van der Waals surface area contributed by atoms with E-state index in [4.69, 9.17) is 4.74 Å². The molecule has 2 nitrogen and oxygen atoms in total. The number of hydrogen-bond donors (Lipinski definition) is 1. The molecule has 0 saturated carbocycles. The van der Waals surface area contributed by atoms with Gasteiger partial charge in [-0.3, -0.25) is 0 Å². The molecule has 2 aliphatic rings. The van der Waals surface area contributed by atoms with Crippen LogP contribution in [0.1, 0.15) is 50.7 Å². The topological polar surface area (TPSA) is 21.3 Å². The summed E-state index contributed by atoms with van der Waals surface area (Å²) in [6.45, 7) is 10.5. The van der Waals surface area contributed by atoms with Gasteiger partial charge in [0.1, 0.15) is 0 Å². The molecule has 1 aliphatic carbocycles. The van der Waals surface area contributed by atoms with E-state index in [0.717, 1.165) is 35.4 Å². The number of allylic oxidation sites excluding steroid dienone is 4. The number of hydrogen-bond acceptors (Lipinski definition) is 2. The predicted molar refractivity (Wildman–Crippen MR) is 93.0 cm³/mol. The van der Waals surface area contributed by atoms with Gasteiger partial charge < -0.3 is 10.1 Å². The Morgan fingerprint density at radius 3 is 3.05 bits per heavy atom. The predicted octanol–water partition coefficient (Wildman–Crippen LogP) is 3.50. The second-order valence-electron chi connectivity index (χ2n) is 6.02. The zero-order valence-corrected chi connectivity index (χ0v) is 13.6. The Bertz CT molecular complexity index is 796. The first kappa shape index (κ1) is 14.7. The summed E-state index contributed by atoms with van der Waals surface area (Å²) in [6, 6.07) is 4.33. The largest absolute Gasteiger partial charge is 0.445 e. The zero-order valence-electron chi connectivity index (χ0n) is 13.6. The molecule has 0 saturated heterocycles. The van der Waals surface area contributed by atoms with Crippen molar-refractivity contribution >= 4 is 18.0 Å². The highest BCUT2D eigenvalue weighted by Gasteiger charge is 2.18. The van der Waals surface area contributed by atoms with Gasteiger partial charge in [0.15, 0.2) is 0 Å². The van der Waals surface area contributed by atoms with Gasteiger partial charge in [-0.05, 0) is 60.2 Å². The van der Waals surface area contributed by atoms with Crippen LogP contribution in [0.2, 0.25) is 0 Å². The summed E-state index contributed by atoms with van der Waals surface area (Å²) < 4.78 is 6.02. The van der Waals surface area contributed by atoms with Gasteiger partial charge >= 0.3 is 0 Å². The first-order chi connectivity index (χ1) is 10.6. The Labute approximate surface area is 132 Å². The lowest BCUT2D eigenvalue weighted by Gasteiger charge is -2.23. The van der Waals surface area contributed by atoms with Crippen molar-refractivity contribution in [3.05, 3.63) is 63.9 Å². The fourth-order valence-electron chi connectivity index (χ4n) is 3.21. The van der Waals surface area contributed by atoms with E-state index >= 15 is 0 Å². The van der Waals surface area contributed by atoms with Crippen LogP contribution in [0.15, 0.2) is 42.3 Å². The third kappa shape index (κ3) is 2.61. The van der Waals surface area contributed by atoms with E-state index in [0.29, 0.717) is 5.92 Å². The van der Waals surface area contributed by atoms with Crippen molar-refractivity contribution in [3.8, 4) is 0 Å². The van der Waals surface area contributed by atoms with E-state index < -0.39 is 0 Å². The van der Waals surface area contributed by atoms with E-state index in [1.165, 1.54) is 16.3 Å². The average molecular weight is 293 g/mol. The second kappa shape index (κ2) is 5.88. The molecule has 1 aromatic carbocycles. The highest BCUT2D eigenvalue weighted by atomic mass is 16.5. The summed E-state index contributed by atoms with van der Waals surface area (Å²) in [5, 5.41) is 5.64. The van der Waals surface area contributed by atoms with Gasteiger partial charge in [-0.1, -0.05) is 38.6 Å². The first-order valence-corrected chi connectivity index (χ1v) is 7.96. The lowest BCUT2D eigenvalue weighted by Crippen LogP contribution is -2.40. The summed E-state index contributed by atoms with van der Waals surface area (Å²) in [5.41, 5.74) is 3.59. The zero-order chi connectivity index (χ0) is 15.7. The van der Waals surface area contributed by atoms with Crippen molar-refractivity contribution in [1.29, 1.82) is 0 Å². The summed E-state index contributed by atoms with van der Waals surface area (Å²) in [6.07, 6.45) is 10.7. The molecule has 22 heavy (non-hydrogen) atoms. The van der Waals surface area contributed by atoms with E-state index in [1.807, 2.05) is 6.92 Å². The molecule has 1 atom stereocenters. The molecule has 0 bridgehead atoms. The molecular formula is C20H23NO. The number of fused-ring (bicyclic) bond motifs is 3. The van der Waals surface area contributed by atoms with Crippen molar-refractivity contribution < 1.29 is 4.74 Å². The Hall–Kier alpha value is -2.22. The van der Waals surface area contributed by atoms with Gasteiger partial charge in [0.25, 0.3) is 0 Å². The van der Waals surface area contributed by atoms with E-state index in [-0.39, 0.29) is 0 Å². The fraction of sp³-hybridized carbons (Fsp3) is 0.300. The minimum absolute atomic E-state index is 0.519. The van der Waals surface area contributed by atoms with Gasteiger partial charge in [0.2, 0.25) is 5.88 Å². The van der Waals surface area contributed by atoms with Crippen molar-refractivity contribution in [3.63, 3.8) is 0 Å². The Balaban J connectivity index is 2.23. The number of rotatable bonds is 3. The van der Waals surface area contributed by atoms with Crippen LogP contribution in [-0.2, 0) is 4.74 Å². The third-order valence-electron chi connectivity index (χ3n) is 4.19. The lowest BCUT2D eigenvalue weighted by atomic mass is 9.85. The van der Waals surface area contributed by atoms with Gasteiger partial charge in [0, 0.05) is 10.9 Å². The summed E-state index contributed by atoms with van der Waals surface area (Å²) in [4.78, 5) is 0. The Morgan fingerprint density at radius 1 is 1.45 bits per heavy atom. The van der Waals surface area contributed by atoms with Crippen LogP contribution in [0.5, 0.6) is 0 Å². The molecule has 0 spiro atoms. The number of ether oxygens (including phenoxy) is 1. The highest BCUT2D eigenvalue weighted by Crippen LogP contribution is 2.26. The van der Waals surface area contributed by atoms with Gasteiger partial charge in [-0.2, -0.15) is 0 Å². The SMILES string of the molecule is C=C1C=c2c3c(ccc2=C(O/C(C)=C/CC)N1)C=CCC3C. The van der Waals surface area contributed by atoms with Crippen molar-refractivity contribution in [1.82, 2.24) is 5.32 Å². The lowest BCUT2D eigenvalue weighted by molar-refractivity contribution is 0.355. The molecule has 0 amide bonds. The summed E-state index contributed by atoms with van der Waals surface area (Å²) in [5.74, 6) is 2.22. The van der Waals surface area contributed by atoms with E-state index in [9.17, 15) is 0 Å². The quantitative estimate of drug-likeness (QED) is 0.861. The van der Waals surface area contributed by atoms with E-state index in [1.54, 1.807) is 0 Å². The molecule has 1 heterocycles. The molecule has 0 fully saturated rings. The van der Waals surface area contributed by atoms with Crippen LogP contribution in [0, 0.1) is 0 Å². The Morgan fingerprint density at radius 2 is 2.27 bits per heavy atom. The Kier molecular flexibility index (Phi) is 3.93. The maximum Gasteiger partial charge on any atom is 0.205 e. The standard InChI is InChI=1S/C20H23NO/c1-5-7-15(4)22-20-17-11-10-16-9-6-8-13(2)19(16)18(17)12-14(3)21-20/h6-7,9-13,21H,3,5,8H2,1-2,4H3/b15-7+. The molecule has 2 heteroatoms.